The number of fused-ring (bicyclic) bond motifs is 1. The van der Waals surface area contributed by atoms with Gasteiger partial charge in [0.25, 0.3) is 12.9 Å². The van der Waals surface area contributed by atoms with Gasteiger partial charge in [-0.1, -0.05) is 6.07 Å². The summed E-state index contributed by atoms with van der Waals surface area (Å²) >= 11 is 0. The largest absolute Gasteiger partial charge is 0.489 e. The highest BCUT2D eigenvalue weighted by Gasteiger charge is 2.32. The van der Waals surface area contributed by atoms with E-state index < -0.39 is 6.61 Å². The summed E-state index contributed by atoms with van der Waals surface area (Å²) in [6.07, 6.45) is 9.08. The number of ether oxygens (including phenoxy) is 4. The number of carbonyl (C=O) groups is 2. The molecule has 47 heavy (non-hydrogen) atoms. The van der Waals surface area contributed by atoms with Gasteiger partial charge in [-0.05, 0) is 80.7 Å². The number of unbranched alkanes of at least 4 members (excludes halogenated alkanes) is 2. The Kier molecular flexibility index (Phi) is 12.3. The number of guanidine groups is 1. The summed E-state index contributed by atoms with van der Waals surface area (Å²) in [7, 11) is 0. The number of halogens is 2. The van der Waals surface area contributed by atoms with E-state index in [2.05, 4.69) is 15.2 Å². The van der Waals surface area contributed by atoms with Gasteiger partial charge in [-0.15, -0.1) is 0 Å². The van der Waals surface area contributed by atoms with E-state index >= 15 is 0 Å². The molecule has 1 saturated carbocycles. The second-order valence-corrected chi connectivity index (χ2v) is 11.3. The minimum atomic E-state index is -2.97. The van der Waals surface area contributed by atoms with Gasteiger partial charge in [0, 0.05) is 43.7 Å². The molecule has 1 atom stereocenters. The molecule has 252 valence electrons. The number of carbonyl (C=O) groups excluding carboxylic acids is 2. The molecule has 5 rings (SSSR count). The van der Waals surface area contributed by atoms with Crippen LogP contribution in [0.25, 0.3) is 11.3 Å². The summed E-state index contributed by atoms with van der Waals surface area (Å²) in [5, 5.41) is 8.48. The van der Waals surface area contributed by atoms with E-state index in [1.165, 1.54) is 0 Å². The second kappa shape index (κ2) is 17.2. The van der Waals surface area contributed by atoms with Crippen LogP contribution in [-0.4, -0.2) is 79.7 Å². The maximum absolute atomic E-state index is 13.2. The van der Waals surface area contributed by atoms with Crippen LogP contribution < -0.4 is 19.7 Å². The summed E-state index contributed by atoms with van der Waals surface area (Å²) < 4.78 is 48.8. The normalized spacial score (nSPS) is 16.0. The number of hydrogen-bond acceptors (Lipinski definition) is 9. The fraction of sp³-hybridized carbons (Fsp3) is 0.485. The number of nitrogens with one attached hydrogen (secondary N) is 1. The van der Waals surface area contributed by atoms with E-state index in [1.807, 2.05) is 22.9 Å². The average Bonchev–Trinajstić information content (AvgIpc) is 3.81. The number of alkyl halides is 2. The molecule has 0 bridgehead atoms. The van der Waals surface area contributed by atoms with E-state index in [0.717, 1.165) is 48.3 Å². The van der Waals surface area contributed by atoms with Crippen LogP contribution in [0.5, 0.6) is 11.5 Å². The Labute approximate surface area is 272 Å². The lowest BCUT2D eigenvalue weighted by atomic mass is 10.0. The Morgan fingerprint density at radius 1 is 1.02 bits per heavy atom. The van der Waals surface area contributed by atoms with Crippen molar-refractivity contribution in [2.75, 3.05) is 44.4 Å². The number of nitrogens with zero attached hydrogens (tertiary/aromatic N) is 5. The van der Waals surface area contributed by atoms with Gasteiger partial charge in [-0.2, -0.15) is 13.9 Å². The van der Waals surface area contributed by atoms with Crippen LogP contribution >= 0.6 is 0 Å². The van der Waals surface area contributed by atoms with Gasteiger partial charge in [0.15, 0.2) is 17.5 Å². The first-order chi connectivity index (χ1) is 23.1. The summed E-state index contributed by atoms with van der Waals surface area (Å²) in [5.74, 6) is 2.20. The number of pyridine rings is 1. The first kappa shape index (κ1) is 33.6. The second-order valence-electron chi connectivity index (χ2n) is 11.3. The highest BCUT2D eigenvalue weighted by Crippen LogP contribution is 2.40. The zero-order valence-corrected chi connectivity index (χ0v) is 26.1. The van der Waals surface area contributed by atoms with Gasteiger partial charge in [0.2, 0.25) is 0 Å². The fourth-order valence-corrected chi connectivity index (χ4v) is 5.34. The maximum Gasteiger partial charge on any atom is 0.387 e. The molecule has 0 saturated heterocycles. The maximum atomic E-state index is 13.2. The summed E-state index contributed by atoms with van der Waals surface area (Å²) in [4.78, 5) is 32.3. The van der Waals surface area contributed by atoms with Crippen molar-refractivity contribution in [2.45, 2.75) is 57.6 Å². The Morgan fingerprint density at radius 3 is 2.55 bits per heavy atom. The Bertz CT molecular complexity index is 1470. The third-order valence-corrected chi connectivity index (χ3v) is 7.91. The third-order valence-electron chi connectivity index (χ3n) is 7.91. The van der Waals surface area contributed by atoms with E-state index in [4.69, 9.17) is 29.0 Å². The Morgan fingerprint density at radius 2 is 1.83 bits per heavy atom. The number of anilines is 1. The van der Waals surface area contributed by atoms with Crippen LogP contribution in [0.15, 0.2) is 53.8 Å². The van der Waals surface area contributed by atoms with Gasteiger partial charge in [0.05, 0.1) is 31.6 Å². The molecule has 12 nitrogen and oxygen atoms in total. The SMILES string of the molecule is O=COCCCCN=C(NCCCCOC=O)N1CCC(c2ccc(OC(F)F)c(OCC3CC3)c2)n2nc(-c3cccnc3)cc21. The molecule has 3 heterocycles. The molecule has 1 aromatic carbocycles. The Hall–Kier alpha value is -4.75. The van der Waals surface area contributed by atoms with Crippen LogP contribution in [0.3, 0.4) is 0 Å². The molecule has 2 aromatic heterocycles. The molecular formula is C33H40F2N6O6. The quantitative estimate of drug-likeness (QED) is 0.0817. The van der Waals surface area contributed by atoms with E-state index in [9.17, 15) is 18.4 Å². The van der Waals surface area contributed by atoms with Crippen LogP contribution in [0.1, 0.15) is 56.6 Å². The smallest absolute Gasteiger partial charge is 0.387 e. The van der Waals surface area contributed by atoms with Gasteiger partial charge in [-0.3, -0.25) is 24.5 Å². The van der Waals surface area contributed by atoms with Crippen molar-refractivity contribution in [1.29, 1.82) is 0 Å². The van der Waals surface area contributed by atoms with Crippen molar-refractivity contribution in [3.05, 3.63) is 54.4 Å². The average molecular weight is 655 g/mol. The third kappa shape index (κ3) is 9.63. The first-order valence-corrected chi connectivity index (χ1v) is 15.9. The van der Waals surface area contributed by atoms with E-state index in [-0.39, 0.29) is 11.8 Å². The highest BCUT2D eigenvalue weighted by atomic mass is 19.3. The number of aliphatic imine (C=N–C) groups is 1. The van der Waals surface area contributed by atoms with Crippen molar-refractivity contribution in [3.8, 4) is 22.8 Å². The number of benzene rings is 1. The molecule has 1 aliphatic heterocycles. The molecule has 1 fully saturated rings. The molecule has 1 N–H and O–H groups in total. The van der Waals surface area contributed by atoms with Crippen molar-refractivity contribution in [3.63, 3.8) is 0 Å². The lowest BCUT2D eigenvalue weighted by Gasteiger charge is -2.35. The van der Waals surface area contributed by atoms with Crippen LogP contribution in [0.2, 0.25) is 0 Å². The molecule has 1 aliphatic carbocycles. The molecule has 0 radical (unpaired) electrons. The lowest BCUT2D eigenvalue weighted by Crippen LogP contribution is -2.46. The predicted octanol–water partition coefficient (Wildman–Crippen LogP) is 4.99. The minimum Gasteiger partial charge on any atom is -0.489 e. The molecule has 3 aromatic rings. The first-order valence-electron chi connectivity index (χ1n) is 15.9. The minimum absolute atomic E-state index is 0.00859. The van der Waals surface area contributed by atoms with Gasteiger partial charge in [0.1, 0.15) is 5.82 Å². The topological polar surface area (TPSA) is 129 Å². The molecule has 1 unspecified atom stereocenters. The summed E-state index contributed by atoms with van der Waals surface area (Å²) in [6, 6.07) is 10.7. The monoisotopic (exact) mass is 654 g/mol. The van der Waals surface area contributed by atoms with Gasteiger partial charge in [-0.25, -0.2) is 4.68 Å². The van der Waals surface area contributed by atoms with Crippen molar-refractivity contribution < 1.29 is 37.3 Å². The number of hydrogen-bond donors (Lipinski definition) is 1. The van der Waals surface area contributed by atoms with Gasteiger partial charge >= 0.3 is 6.61 Å². The van der Waals surface area contributed by atoms with Crippen molar-refractivity contribution in [2.24, 2.45) is 10.9 Å². The molecular weight excluding hydrogens is 614 g/mol. The van der Waals surface area contributed by atoms with Crippen molar-refractivity contribution in [1.82, 2.24) is 20.1 Å². The zero-order chi connectivity index (χ0) is 32.8. The zero-order valence-electron chi connectivity index (χ0n) is 26.1. The van der Waals surface area contributed by atoms with Gasteiger partial charge < -0.3 is 24.3 Å². The Balaban J connectivity index is 1.44. The van der Waals surface area contributed by atoms with Crippen LogP contribution in [0.4, 0.5) is 14.6 Å². The molecule has 0 spiro atoms. The van der Waals surface area contributed by atoms with Crippen LogP contribution in [-0.2, 0) is 19.1 Å². The molecule has 2 aliphatic rings. The highest BCUT2D eigenvalue weighted by molar-refractivity contribution is 5.96. The molecule has 0 amide bonds. The fourth-order valence-electron chi connectivity index (χ4n) is 5.34. The number of aromatic nitrogens is 3. The van der Waals surface area contributed by atoms with Crippen LogP contribution in [0, 0.1) is 5.92 Å². The van der Waals surface area contributed by atoms with E-state index in [0.29, 0.717) is 89.3 Å². The number of rotatable bonds is 19. The van der Waals surface area contributed by atoms with E-state index in [1.54, 1.807) is 30.6 Å². The summed E-state index contributed by atoms with van der Waals surface area (Å²) in [6.45, 7) is 0.749. The van der Waals surface area contributed by atoms with Crippen molar-refractivity contribution >= 4 is 24.7 Å². The lowest BCUT2D eigenvalue weighted by molar-refractivity contribution is -0.129. The predicted molar refractivity (Wildman–Crippen MR) is 170 cm³/mol. The molecule has 14 heteroatoms. The standard InChI is InChI=1S/C33H40F2N6O6/c34-32(35)47-29-10-9-25(18-30(29)46-21-24-7-8-24)28-11-15-40(31-19-27(39-41(28)31)26-6-5-12-36-20-26)33(37-13-1-3-16-44-22-42)38-14-2-4-17-45-23-43/h5-6,9-10,12,18-20,22-24,28,32H,1-4,7-8,11,13-17,21H2,(H,37,38). The summed E-state index contributed by atoms with van der Waals surface area (Å²) in [5.41, 5.74) is 2.43.